The summed E-state index contributed by atoms with van der Waals surface area (Å²) in [6.07, 6.45) is 3.94. The summed E-state index contributed by atoms with van der Waals surface area (Å²) in [7, 11) is 0. The van der Waals surface area contributed by atoms with Gasteiger partial charge in [0.15, 0.2) is 0 Å². The number of carbonyl (C=O) groups is 1. The Morgan fingerprint density at radius 3 is 2.70 bits per heavy atom. The van der Waals surface area contributed by atoms with Crippen molar-refractivity contribution in [2.24, 2.45) is 0 Å². The van der Waals surface area contributed by atoms with Gasteiger partial charge in [-0.15, -0.1) is 22.7 Å². The second-order valence-electron chi connectivity index (χ2n) is 5.66. The Morgan fingerprint density at radius 2 is 2.00 bits per heavy atom. The van der Waals surface area contributed by atoms with Gasteiger partial charge in [0.05, 0.1) is 11.1 Å². The van der Waals surface area contributed by atoms with Crippen molar-refractivity contribution in [2.75, 3.05) is 0 Å². The van der Waals surface area contributed by atoms with Gasteiger partial charge in [-0.2, -0.15) is 0 Å². The number of hydrogen-bond donors (Lipinski definition) is 0. The van der Waals surface area contributed by atoms with Gasteiger partial charge in [0.1, 0.15) is 9.88 Å². The number of aromatic nitrogens is 1. The molecule has 2 aromatic heterocycles. The summed E-state index contributed by atoms with van der Waals surface area (Å²) in [5, 5.41) is 2.96. The number of rotatable bonds is 5. The van der Waals surface area contributed by atoms with Gasteiger partial charge in [-0.25, -0.2) is 4.98 Å². The van der Waals surface area contributed by atoms with Crippen LogP contribution >= 0.6 is 22.7 Å². The fourth-order valence-electron chi connectivity index (χ4n) is 2.56. The maximum atomic E-state index is 12.9. The standard InChI is InChI=1S/C18H16N2OS2/c21-18(16-11-19-17(23-16)15-7-4-10-22-15)20(14-8-9-14)12-13-5-2-1-3-6-13/h1-7,10-11,14H,8-9,12H2. The molecule has 3 aromatic rings. The van der Waals surface area contributed by atoms with Gasteiger partial charge >= 0.3 is 0 Å². The van der Waals surface area contributed by atoms with Crippen molar-refractivity contribution in [2.45, 2.75) is 25.4 Å². The van der Waals surface area contributed by atoms with Crippen LogP contribution in [0.5, 0.6) is 0 Å². The van der Waals surface area contributed by atoms with Crippen LogP contribution in [0.1, 0.15) is 28.1 Å². The van der Waals surface area contributed by atoms with Crippen molar-refractivity contribution in [3.05, 3.63) is 64.5 Å². The molecule has 1 fully saturated rings. The molecule has 0 spiro atoms. The predicted molar refractivity (Wildman–Crippen MR) is 94.8 cm³/mol. The van der Waals surface area contributed by atoms with Crippen LogP contribution in [0.25, 0.3) is 9.88 Å². The molecule has 0 atom stereocenters. The number of benzene rings is 1. The first-order valence-electron chi connectivity index (χ1n) is 7.66. The lowest BCUT2D eigenvalue weighted by atomic mass is 10.2. The molecule has 0 unspecified atom stereocenters. The second kappa shape index (κ2) is 6.26. The Hall–Kier alpha value is -1.98. The van der Waals surface area contributed by atoms with Crippen molar-refractivity contribution in [3.63, 3.8) is 0 Å². The van der Waals surface area contributed by atoms with Gasteiger partial charge in [0.25, 0.3) is 5.91 Å². The Labute approximate surface area is 143 Å². The highest BCUT2D eigenvalue weighted by molar-refractivity contribution is 7.21. The molecule has 1 aromatic carbocycles. The third-order valence-corrected chi connectivity index (χ3v) is 5.92. The number of thiazole rings is 1. The molecule has 3 nitrogen and oxygen atoms in total. The van der Waals surface area contributed by atoms with Gasteiger partial charge < -0.3 is 4.90 Å². The highest BCUT2D eigenvalue weighted by atomic mass is 32.1. The zero-order valence-corrected chi connectivity index (χ0v) is 14.1. The third kappa shape index (κ3) is 3.21. The van der Waals surface area contributed by atoms with Crippen LogP contribution in [0.15, 0.2) is 54.0 Å². The molecule has 0 aliphatic heterocycles. The van der Waals surface area contributed by atoms with Crippen LogP contribution in [0.3, 0.4) is 0 Å². The quantitative estimate of drug-likeness (QED) is 0.676. The number of carbonyl (C=O) groups excluding carboxylic acids is 1. The van der Waals surface area contributed by atoms with Gasteiger partial charge in [-0.05, 0) is 29.9 Å². The summed E-state index contributed by atoms with van der Waals surface area (Å²) in [4.78, 5) is 21.2. The summed E-state index contributed by atoms with van der Waals surface area (Å²) < 4.78 is 0. The van der Waals surface area contributed by atoms with Gasteiger partial charge in [0, 0.05) is 12.6 Å². The maximum absolute atomic E-state index is 12.9. The molecule has 23 heavy (non-hydrogen) atoms. The Kier molecular flexibility index (Phi) is 3.97. The molecular weight excluding hydrogens is 324 g/mol. The molecule has 1 aliphatic carbocycles. The Morgan fingerprint density at radius 1 is 1.17 bits per heavy atom. The average molecular weight is 340 g/mol. The molecule has 5 heteroatoms. The van der Waals surface area contributed by atoms with Gasteiger partial charge in [-0.3, -0.25) is 4.79 Å². The molecule has 4 rings (SSSR count). The van der Waals surface area contributed by atoms with Crippen LogP contribution in [-0.4, -0.2) is 21.8 Å². The molecule has 0 saturated heterocycles. The van der Waals surface area contributed by atoms with E-state index in [2.05, 4.69) is 17.1 Å². The van der Waals surface area contributed by atoms with E-state index in [4.69, 9.17) is 0 Å². The van der Waals surface area contributed by atoms with E-state index in [1.54, 1.807) is 17.5 Å². The first-order valence-corrected chi connectivity index (χ1v) is 9.35. The van der Waals surface area contributed by atoms with E-state index in [9.17, 15) is 4.79 Å². The summed E-state index contributed by atoms with van der Waals surface area (Å²) in [6.45, 7) is 0.677. The highest BCUT2D eigenvalue weighted by Gasteiger charge is 2.33. The summed E-state index contributed by atoms with van der Waals surface area (Å²) in [6, 6.07) is 14.6. The van der Waals surface area contributed by atoms with E-state index < -0.39 is 0 Å². The molecule has 0 bridgehead atoms. The fraction of sp³-hybridized carbons (Fsp3) is 0.222. The number of thiophene rings is 1. The molecule has 1 saturated carbocycles. The molecule has 2 heterocycles. The molecule has 116 valence electrons. The Balaban J connectivity index is 1.56. The van der Waals surface area contributed by atoms with Crippen LogP contribution in [0.2, 0.25) is 0 Å². The molecule has 0 radical (unpaired) electrons. The van der Waals surface area contributed by atoms with Crippen LogP contribution < -0.4 is 0 Å². The van der Waals surface area contributed by atoms with Gasteiger partial charge in [-0.1, -0.05) is 36.4 Å². The van der Waals surface area contributed by atoms with E-state index in [1.165, 1.54) is 16.9 Å². The number of nitrogens with zero attached hydrogens (tertiary/aromatic N) is 2. The Bertz CT molecular complexity index is 792. The van der Waals surface area contributed by atoms with Crippen molar-refractivity contribution in [3.8, 4) is 9.88 Å². The van der Waals surface area contributed by atoms with E-state index in [0.29, 0.717) is 12.6 Å². The third-order valence-electron chi connectivity index (χ3n) is 3.89. The second-order valence-corrected chi connectivity index (χ2v) is 7.64. The van der Waals surface area contributed by atoms with Crippen molar-refractivity contribution in [1.29, 1.82) is 0 Å². The maximum Gasteiger partial charge on any atom is 0.266 e. The van der Waals surface area contributed by atoms with Crippen molar-refractivity contribution >= 4 is 28.6 Å². The monoisotopic (exact) mass is 340 g/mol. The zero-order valence-electron chi connectivity index (χ0n) is 12.5. The average Bonchev–Trinajstić information content (AvgIpc) is 3.08. The minimum absolute atomic E-state index is 0.108. The van der Waals surface area contributed by atoms with Crippen LogP contribution in [-0.2, 0) is 6.54 Å². The summed E-state index contributed by atoms with van der Waals surface area (Å²) in [5.41, 5.74) is 1.18. The SMILES string of the molecule is O=C(c1cnc(-c2cccs2)s1)N(Cc1ccccc1)C1CC1. The lowest BCUT2D eigenvalue weighted by molar-refractivity contribution is 0.0734. The smallest absolute Gasteiger partial charge is 0.266 e. The lowest BCUT2D eigenvalue weighted by Crippen LogP contribution is -2.32. The molecule has 1 amide bonds. The predicted octanol–water partition coefficient (Wildman–Crippen LogP) is 4.68. The fourth-order valence-corrected chi connectivity index (χ4v) is 4.24. The van der Waals surface area contributed by atoms with E-state index in [0.717, 1.165) is 27.6 Å². The lowest BCUT2D eigenvalue weighted by Gasteiger charge is -2.21. The highest BCUT2D eigenvalue weighted by Crippen LogP contribution is 2.33. The minimum Gasteiger partial charge on any atom is -0.331 e. The summed E-state index contributed by atoms with van der Waals surface area (Å²) >= 11 is 3.14. The van der Waals surface area contributed by atoms with E-state index in [1.807, 2.05) is 40.6 Å². The van der Waals surface area contributed by atoms with Gasteiger partial charge in [0.2, 0.25) is 0 Å². The van der Waals surface area contributed by atoms with Crippen LogP contribution in [0.4, 0.5) is 0 Å². The molecule has 0 N–H and O–H groups in total. The topological polar surface area (TPSA) is 33.2 Å². The zero-order chi connectivity index (χ0) is 15.6. The largest absolute Gasteiger partial charge is 0.331 e. The van der Waals surface area contributed by atoms with E-state index >= 15 is 0 Å². The number of hydrogen-bond acceptors (Lipinski definition) is 4. The first-order chi connectivity index (χ1) is 11.3. The minimum atomic E-state index is 0.108. The molecular formula is C18H16N2OS2. The van der Waals surface area contributed by atoms with Crippen molar-refractivity contribution in [1.82, 2.24) is 9.88 Å². The molecule has 1 aliphatic rings. The van der Waals surface area contributed by atoms with Crippen LogP contribution in [0, 0.1) is 0 Å². The van der Waals surface area contributed by atoms with E-state index in [-0.39, 0.29) is 5.91 Å². The summed E-state index contributed by atoms with van der Waals surface area (Å²) in [5.74, 6) is 0.108. The normalized spacial score (nSPS) is 13.9. The first kappa shape index (κ1) is 14.6. The number of amides is 1. The van der Waals surface area contributed by atoms with Crippen molar-refractivity contribution < 1.29 is 4.79 Å².